The van der Waals surface area contributed by atoms with Gasteiger partial charge in [0, 0.05) is 6.42 Å². The van der Waals surface area contributed by atoms with Crippen LogP contribution < -0.4 is 0 Å². The Morgan fingerprint density at radius 3 is 2.65 bits per heavy atom. The Labute approximate surface area is 139 Å². The van der Waals surface area contributed by atoms with Crippen molar-refractivity contribution in [3.05, 3.63) is 24.3 Å². The maximum Gasteiger partial charge on any atom is 0.305 e. The molecule has 23 heavy (non-hydrogen) atoms. The van der Waals surface area contributed by atoms with Crippen LogP contribution in [0.1, 0.15) is 64.7 Å². The Hall–Kier alpha value is -1.42. The number of carbonyl (C=O) groups is 2. The summed E-state index contributed by atoms with van der Waals surface area (Å²) in [4.78, 5) is 22.9. The minimum absolute atomic E-state index is 0.0336. The third kappa shape index (κ3) is 6.69. The molecule has 0 aliphatic heterocycles. The molecule has 0 aromatic heterocycles. The van der Waals surface area contributed by atoms with E-state index in [9.17, 15) is 14.7 Å². The highest BCUT2D eigenvalue weighted by atomic mass is 16.5. The number of methoxy groups -OCH3 is 1. The summed E-state index contributed by atoms with van der Waals surface area (Å²) in [5.41, 5.74) is -0.985. The van der Waals surface area contributed by atoms with E-state index in [1.54, 1.807) is 6.08 Å². The van der Waals surface area contributed by atoms with Crippen molar-refractivity contribution in [2.45, 2.75) is 70.3 Å². The Morgan fingerprint density at radius 2 is 1.96 bits per heavy atom. The molecule has 2 atom stereocenters. The summed E-state index contributed by atoms with van der Waals surface area (Å²) in [7, 11) is 1.41. The summed E-state index contributed by atoms with van der Waals surface area (Å²) in [5, 5.41) is 10.7. The average molecular weight is 322 g/mol. The van der Waals surface area contributed by atoms with Crippen molar-refractivity contribution >= 4 is 11.8 Å². The van der Waals surface area contributed by atoms with Crippen molar-refractivity contribution in [2.75, 3.05) is 7.11 Å². The van der Waals surface area contributed by atoms with Gasteiger partial charge in [-0.1, -0.05) is 44.8 Å². The second-order valence-electron chi connectivity index (χ2n) is 6.24. The number of allylic oxidation sites excluding steroid dienone is 3. The molecule has 1 aliphatic carbocycles. The molecule has 0 spiro atoms. The van der Waals surface area contributed by atoms with E-state index in [1.807, 2.05) is 12.2 Å². The molecule has 1 aliphatic rings. The van der Waals surface area contributed by atoms with Gasteiger partial charge in [-0.2, -0.15) is 0 Å². The van der Waals surface area contributed by atoms with Crippen LogP contribution in [0.15, 0.2) is 24.3 Å². The molecule has 0 saturated carbocycles. The van der Waals surface area contributed by atoms with E-state index < -0.39 is 5.60 Å². The molecule has 0 radical (unpaired) electrons. The summed E-state index contributed by atoms with van der Waals surface area (Å²) >= 11 is 0. The molecule has 0 saturated heterocycles. The summed E-state index contributed by atoms with van der Waals surface area (Å²) in [6.07, 6.45) is 14.6. The second-order valence-corrected chi connectivity index (χ2v) is 6.24. The number of rotatable bonds is 11. The molecule has 4 nitrogen and oxygen atoms in total. The molecule has 0 aromatic carbocycles. The molecular weight excluding hydrogens is 292 g/mol. The van der Waals surface area contributed by atoms with E-state index >= 15 is 0 Å². The Balaban J connectivity index is 2.26. The predicted octanol–water partition coefficient (Wildman–Crippen LogP) is 3.73. The van der Waals surface area contributed by atoms with Gasteiger partial charge in [-0.05, 0) is 37.8 Å². The molecule has 1 N–H and O–H groups in total. The first-order valence-corrected chi connectivity index (χ1v) is 8.70. The quantitative estimate of drug-likeness (QED) is 0.358. The zero-order valence-electron chi connectivity index (χ0n) is 14.4. The van der Waals surface area contributed by atoms with Crippen molar-refractivity contribution in [1.82, 2.24) is 0 Å². The van der Waals surface area contributed by atoms with Crippen LogP contribution in [0, 0.1) is 5.92 Å². The molecule has 130 valence electrons. The Morgan fingerprint density at radius 1 is 1.26 bits per heavy atom. The highest BCUT2D eigenvalue weighted by molar-refractivity contribution is 5.96. The minimum Gasteiger partial charge on any atom is -0.469 e. The van der Waals surface area contributed by atoms with Gasteiger partial charge in [0.2, 0.25) is 0 Å². The third-order valence-corrected chi connectivity index (χ3v) is 4.44. The van der Waals surface area contributed by atoms with Gasteiger partial charge in [-0.15, -0.1) is 0 Å². The molecule has 0 aromatic rings. The zero-order chi connectivity index (χ0) is 17.1. The first-order valence-electron chi connectivity index (χ1n) is 8.70. The van der Waals surface area contributed by atoms with Crippen molar-refractivity contribution in [2.24, 2.45) is 5.92 Å². The monoisotopic (exact) mass is 322 g/mol. The minimum atomic E-state index is -0.985. The van der Waals surface area contributed by atoms with Gasteiger partial charge >= 0.3 is 5.97 Å². The summed E-state index contributed by atoms with van der Waals surface area (Å²) in [6.45, 7) is 2.05. The fourth-order valence-electron chi connectivity index (χ4n) is 2.99. The Bertz CT molecular complexity index is 439. The van der Waals surface area contributed by atoms with Gasteiger partial charge < -0.3 is 9.84 Å². The highest BCUT2D eigenvalue weighted by Gasteiger charge is 2.41. The SMILES string of the molecule is CC/C=C\C[C@H]1C(=O)C=C[C@@]1(O)CCCCCCCC(=O)OC. The topological polar surface area (TPSA) is 63.6 Å². The molecule has 0 unspecified atom stereocenters. The van der Waals surface area contributed by atoms with E-state index in [0.29, 0.717) is 19.3 Å². The maximum atomic E-state index is 11.9. The van der Waals surface area contributed by atoms with Gasteiger partial charge in [0.25, 0.3) is 0 Å². The van der Waals surface area contributed by atoms with E-state index in [0.717, 1.165) is 38.5 Å². The molecule has 0 heterocycles. The van der Waals surface area contributed by atoms with Crippen LogP contribution in [0.3, 0.4) is 0 Å². The van der Waals surface area contributed by atoms with Gasteiger partial charge in [0.15, 0.2) is 5.78 Å². The van der Waals surface area contributed by atoms with Gasteiger partial charge in [0.1, 0.15) is 0 Å². The van der Waals surface area contributed by atoms with Crippen LogP contribution in [0.25, 0.3) is 0 Å². The lowest BCUT2D eigenvalue weighted by atomic mass is 9.83. The van der Waals surface area contributed by atoms with E-state index in [4.69, 9.17) is 0 Å². The number of aliphatic hydroxyl groups is 1. The van der Waals surface area contributed by atoms with E-state index in [1.165, 1.54) is 13.2 Å². The van der Waals surface area contributed by atoms with E-state index in [2.05, 4.69) is 11.7 Å². The summed E-state index contributed by atoms with van der Waals surface area (Å²) in [5.74, 6) is -0.451. The highest BCUT2D eigenvalue weighted by Crippen LogP contribution is 2.34. The number of hydrogen-bond donors (Lipinski definition) is 1. The first kappa shape index (κ1) is 19.6. The largest absolute Gasteiger partial charge is 0.469 e. The number of esters is 1. The average Bonchev–Trinajstić information content (AvgIpc) is 2.82. The molecule has 0 bridgehead atoms. The lowest BCUT2D eigenvalue weighted by molar-refractivity contribution is -0.140. The Kier molecular flexibility index (Phi) is 8.85. The smallest absolute Gasteiger partial charge is 0.305 e. The van der Waals surface area contributed by atoms with Gasteiger partial charge in [0.05, 0.1) is 18.6 Å². The summed E-state index contributed by atoms with van der Waals surface area (Å²) in [6, 6.07) is 0. The number of hydrogen-bond acceptors (Lipinski definition) is 4. The molecule has 0 amide bonds. The fraction of sp³-hybridized carbons (Fsp3) is 0.684. The molecule has 0 fully saturated rings. The number of carbonyl (C=O) groups excluding carboxylic acids is 2. The molecular formula is C19H30O4. The zero-order valence-corrected chi connectivity index (χ0v) is 14.4. The van der Waals surface area contributed by atoms with Crippen molar-refractivity contribution in [1.29, 1.82) is 0 Å². The standard InChI is InChI=1S/C19H30O4/c1-3-4-8-11-16-17(20)13-15-19(16,22)14-10-7-5-6-9-12-18(21)23-2/h4,8,13,15-16,22H,3,5-7,9-12,14H2,1-2H3/b8-4-/t16-,19-/m0/s1. The van der Waals surface area contributed by atoms with Crippen molar-refractivity contribution in [3.63, 3.8) is 0 Å². The van der Waals surface area contributed by atoms with Crippen LogP contribution in [0.2, 0.25) is 0 Å². The van der Waals surface area contributed by atoms with Crippen LogP contribution in [-0.4, -0.2) is 29.6 Å². The van der Waals surface area contributed by atoms with E-state index in [-0.39, 0.29) is 17.7 Å². The fourth-order valence-corrected chi connectivity index (χ4v) is 2.99. The lowest BCUT2D eigenvalue weighted by Gasteiger charge is -2.27. The van der Waals surface area contributed by atoms with Crippen LogP contribution in [0.5, 0.6) is 0 Å². The normalized spacial score (nSPS) is 23.8. The molecule has 4 heteroatoms. The maximum absolute atomic E-state index is 11.9. The van der Waals surface area contributed by atoms with Crippen LogP contribution >= 0.6 is 0 Å². The van der Waals surface area contributed by atoms with Crippen molar-refractivity contribution in [3.8, 4) is 0 Å². The number of ether oxygens (including phenoxy) is 1. The predicted molar refractivity (Wildman–Crippen MR) is 91.0 cm³/mol. The lowest BCUT2D eigenvalue weighted by Crippen LogP contribution is -2.35. The van der Waals surface area contributed by atoms with Crippen molar-refractivity contribution < 1.29 is 19.4 Å². The first-order chi connectivity index (χ1) is 11.0. The number of unbranched alkanes of at least 4 members (excludes halogenated alkanes) is 4. The van der Waals surface area contributed by atoms with Crippen LogP contribution in [-0.2, 0) is 14.3 Å². The van der Waals surface area contributed by atoms with Crippen LogP contribution in [0.4, 0.5) is 0 Å². The third-order valence-electron chi connectivity index (χ3n) is 4.44. The number of ketones is 1. The van der Waals surface area contributed by atoms with Gasteiger partial charge in [-0.3, -0.25) is 9.59 Å². The molecule has 1 rings (SSSR count). The van der Waals surface area contributed by atoms with Gasteiger partial charge in [-0.25, -0.2) is 0 Å². The second kappa shape index (κ2) is 10.4. The summed E-state index contributed by atoms with van der Waals surface area (Å²) < 4.78 is 4.60.